The molecule has 6 nitrogen and oxygen atoms in total. The second-order valence-electron chi connectivity index (χ2n) is 6.67. The van der Waals surface area contributed by atoms with E-state index in [1.165, 1.54) is 28.5 Å². The molecule has 0 aromatic rings. The number of hydrogen-bond acceptors (Lipinski definition) is 4. The molecule has 3 N–H and O–H groups in total. The summed E-state index contributed by atoms with van der Waals surface area (Å²) in [6, 6.07) is -1.21. The first-order valence-electron chi connectivity index (χ1n) is 8.92. The maximum atomic E-state index is 11.1. The maximum Gasteiger partial charge on any atom is 0.394 e. The van der Waals surface area contributed by atoms with E-state index in [9.17, 15) is 14.4 Å². The summed E-state index contributed by atoms with van der Waals surface area (Å²) >= 11 is 1.34. The minimum atomic E-state index is -1.69. The summed E-state index contributed by atoms with van der Waals surface area (Å²) < 4.78 is 0. The van der Waals surface area contributed by atoms with E-state index in [2.05, 4.69) is 32.9 Å². The van der Waals surface area contributed by atoms with Gasteiger partial charge in [0.15, 0.2) is 0 Å². The molecule has 1 unspecified atom stereocenters. The fraction of sp³-hybridized carbons (Fsp3) is 0.550. The number of amides is 1. The van der Waals surface area contributed by atoms with E-state index in [0.29, 0.717) is 5.75 Å². The van der Waals surface area contributed by atoms with Gasteiger partial charge in [-0.1, -0.05) is 34.9 Å². The molecule has 1 amide bonds. The van der Waals surface area contributed by atoms with Gasteiger partial charge in [0.2, 0.25) is 0 Å². The number of rotatable bonds is 12. The summed E-state index contributed by atoms with van der Waals surface area (Å²) in [6.07, 6.45) is 10.6. The highest BCUT2D eigenvalue weighted by Gasteiger charge is 2.22. The molecular formula is C20H31NO5S. The van der Waals surface area contributed by atoms with Gasteiger partial charge in [0.1, 0.15) is 6.04 Å². The van der Waals surface area contributed by atoms with Crippen molar-refractivity contribution in [2.24, 2.45) is 0 Å². The molecule has 152 valence electrons. The second kappa shape index (κ2) is 14.1. The first-order valence-corrected chi connectivity index (χ1v) is 10.1. The lowest BCUT2D eigenvalue weighted by molar-refractivity contribution is -0.151. The molecule has 0 aliphatic rings. The van der Waals surface area contributed by atoms with Crippen molar-refractivity contribution in [3.05, 3.63) is 34.9 Å². The Balaban J connectivity index is 4.19. The van der Waals surface area contributed by atoms with Gasteiger partial charge < -0.3 is 15.5 Å². The van der Waals surface area contributed by atoms with Crippen LogP contribution in [0.2, 0.25) is 0 Å². The van der Waals surface area contributed by atoms with Crippen molar-refractivity contribution in [1.29, 1.82) is 0 Å². The van der Waals surface area contributed by atoms with Crippen LogP contribution in [0.15, 0.2) is 34.9 Å². The number of aliphatic carboxylic acids is 2. The summed E-state index contributed by atoms with van der Waals surface area (Å²) in [5, 5.41) is 19.5. The molecule has 0 aromatic heterocycles. The van der Waals surface area contributed by atoms with Gasteiger partial charge in [-0.05, 0) is 53.4 Å². The van der Waals surface area contributed by atoms with E-state index in [0.717, 1.165) is 25.7 Å². The van der Waals surface area contributed by atoms with Gasteiger partial charge in [0, 0.05) is 11.5 Å². The SMILES string of the molecule is CC(C)=CCCC(C)=CCCC(C)=CCSCC(NC(=O)C(=O)O)C(=O)O. The number of carboxylic acids is 2. The average molecular weight is 398 g/mol. The summed E-state index contributed by atoms with van der Waals surface area (Å²) in [6.45, 7) is 8.38. The molecule has 0 radical (unpaired) electrons. The van der Waals surface area contributed by atoms with E-state index in [1.54, 1.807) is 0 Å². The van der Waals surface area contributed by atoms with Crippen LogP contribution in [-0.2, 0) is 14.4 Å². The van der Waals surface area contributed by atoms with Gasteiger partial charge in [0.25, 0.3) is 0 Å². The zero-order valence-electron chi connectivity index (χ0n) is 16.6. The Hall–Kier alpha value is -2.02. The lowest BCUT2D eigenvalue weighted by Gasteiger charge is -2.12. The van der Waals surface area contributed by atoms with Crippen LogP contribution in [0.4, 0.5) is 0 Å². The normalized spacial score (nSPS) is 13.0. The highest BCUT2D eigenvalue weighted by atomic mass is 32.2. The van der Waals surface area contributed by atoms with Crippen molar-refractivity contribution in [2.75, 3.05) is 11.5 Å². The molecule has 0 rings (SSSR count). The molecule has 0 aromatic carbocycles. The lowest BCUT2D eigenvalue weighted by Crippen LogP contribution is -2.45. The van der Waals surface area contributed by atoms with Gasteiger partial charge in [-0.2, -0.15) is 11.8 Å². The average Bonchev–Trinajstić information content (AvgIpc) is 2.56. The first kappa shape index (κ1) is 25.0. The highest BCUT2D eigenvalue weighted by Crippen LogP contribution is 2.13. The fourth-order valence-electron chi connectivity index (χ4n) is 2.12. The van der Waals surface area contributed by atoms with Gasteiger partial charge in [0.05, 0.1) is 0 Å². The number of carbonyl (C=O) groups excluding carboxylic acids is 1. The molecule has 7 heteroatoms. The number of nitrogens with one attached hydrogen (secondary N) is 1. The van der Waals surface area contributed by atoms with Crippen molar-refractivity contribution in [3.63, 3.8) is 0 Å². The number of carbonyl (C=O) groups is 3. The monoisotopic (exact) mass is 397 g/mol. The summed E-state index contributed by atoms with van der Waals surface area (Å²) in [7, 11) is 0. The van der Waals surface area contributed by atoms with Crippen LogP contribution in [0.25, 0.3) is 0 Å². The van der Waals surface area contributed by atoms with Crippen LogP contribution in [0.5, 0.6) is 0 Å². The van der Waals surface area contributed by atoms with Crippen LogP contribution in [0.1, 0.15) is 53.4 Å². The third-order valence-electron chi connectivity index (χ3n) is 3.75. The minimum Gasteiger partial charge on any atom is -0.480 e. The predicted molar refractivity (Wildman–Crippen MR) is 110 cm³/mol. The van der Waals surface area contributed by atoms with Crippen molar-refractivity contribution < 1.29 is 24.6 Å². The fourth-order valence-corrected chi connectivity index (χ4v) is 3.12. The minimum absolute atomic E-state index is 0.113. The smallest absolute Gasteiger partial charge is 0.394 e. The van der Waals surface area contributed by atoms with Crippen molar-refractivity contribution >= 4 is 29.6 Å². The Bertz CT molecular complexity index is 603. The molecular weight excluding hydrogens is 366 g/mol. The van der Waals surface area contributed by atoms with E-state index in [-0.39, 0.29) is 5.75 Å². The van der Waals surface area contributed by atoms with Gasteiger partial charge >= 0.3 is 17.8 Å². The molecule has 0 fully saturated rings. The Morgan fingerprint density at radius 3 is 2.00 bits per heavy atom. The number of carboxylic acid groups (broad SMARTS) is 2. The van der Waals surface area contributed by atoms with Crippen LogP contribution in [0.3, 0.4) is 0 Å². The Kier molecular flexibility index (Phi) is 13.0. The third-order valence-corrected chi connectivity index (χ3v) is 4.73. The third kappa shape index (κ3) is 13.8. The summed E-state index contributed by atoms with van der Waals surface area (Å²) in [5.41, 5.74) is 3.94. The Morgan fingerprint density at radius 1 is 0.926 bits per heavy atom. The maximum absolute atomic E-state index is 11.1. The molecule has 1 atom stereocenters. The number of thioether (sulfide) groups is 1. The van der Waals surface area contributed by atoms with E-state index < -0.39 is 23.9 Å². The van der Waals surface area contributed by atoms with Gasteiger partial charge in [-0.15, -0.1) is 0 Å². The van der Waals surface area contributed by atoms with E-state index in [4.69, 9.17) is 10.2 Å². The molecule has 0 aliphatic carbocycles. The molecule has 0 saturated carbocycles. The topological polar surface area (TPSA) is 104 Å². The van der Waals surface area contributed by atoms with Crippen LogP contribution in [0, 0.1) is 0 Å². The van der Waals surface area contributed by atoms with Crippen LogP contribution >= 0.6 is 11.8 Å². The van der Waals surface area contributed by atoms with Crippen LogP contribution in [-0.4, -0.2) is 45.6 Å². The molecule has 27 heavy (non-hydrogen) atoms. The second-order valence-corrected chi connectivity index (χ2v) is 7.74. The molecule has 0 bridgehead atoms. The van der Waals surface area contributed by atoms with Crippen molar-refractivity contribution in [2.45, 2.75) is 59.4 Å². The zero-order chi connectivity index (χ0) is 20.8. The largest absolute Gasteiger partial charge is 0.480 e. The van der Waals surface area contributed by atoms with Crippen molar-refractivity contribution in [3.8, 4) is 0 Å². The first-order chi connectivity index (χ1) is 12.6. The van der Waals surface area contributed by atoms with Gasteiger partial charge in [-0.3, -0.25) is 4.79 Å². The Labute approximate surface area is 165 Å². The Morgan fingerprint density at radius 2 is 1.48 bits per heavy atom. The highest BCUT2D eigenvalue weighted by molar-refractivity contribution is 7.99. The standard InChI is InChI=1S/C20H31NO5S/c1-14(2)7-5-8-15(3)9-6-10-16(4)11-12-27-13-17(19(23)24)21-18(22)20(25)26/h7,9,11,17H,5-6,8,10,12-13H2,1-4H3,(H,21,22)(H,23,24)(H,25,26). The summed E-state index contributed by atoms with van der Waals surface area (Å²) in [4.78, 5) is 32.6. The van der Waals surface area contributed by atoms with E-state index >= 15 is 0 Å². The van der Waals surface area contributed by atoms with Crippen LogP contribution < -0.4 is 5.32 Å². The van der Waals surface area contributed by atoms with E-state index in [1.807, 2.05) is 18.3 Å². The predicted octanol–water partition coefficient (Wildman–Crippen LogP) is 3.79. The lowest BCUT2D eigenvalue weighted by atomic mass is 10.1. The number of hydrogen-bond donors (Lipinski definition) is 3. The zero-order valence-corrected chi connectivity index (χ0v) is 17.4. The quantitative estimate of drug-likeness (QED) is 0.263. The molecule has 0 heterocycles. The van der Waals surface area contributed by atoms with Crippen molar-refractivity contribution in [1.82, 2.24) is 5.32 Å². The molecule has 0 saturated heterocycles. The van der Waals surface area contributed by atoms with Gasteiger partial charge in [-0.25, -0.2) is 9.59 Å². The molecule has 0 aliphatic heterocycles. The number of allylic oxidation sites excluding steroid dienone is 5. The summed E-state index contributed by atoms with van der Waals surface area (Å²) in [5.74, 6) is -3.51. The molecule has 0 spiro atoms.